The Morgan fingerprint density at radius 3 is 2.41 bits per heavy atom. The van der Waals surface area contributed by atoms with Gasteiger partial charge in [0.25, 0.3) is 0 Å². The van der Waals surface area contributed by atoms with Crippen LogP contribution < -0.4 is 9.47 Å². The average molecular weight is 303 g/mol. The van der Waals surface area contributed by atoms with Gasteiger partial charge in [-0.3, -0.25) is 4.79 Å². The highest BCUT2D eigenvalue weighted by atomic mass is 79.9. The van der Waals surface area contributed by atoms with Crippen molar-refractivity contribution in [3.05, 3.63) is 22.2 Å². The van der Waals surface area contributed by atoms with Crippen molar-refractivity contribution < 1.29 is 19.4 Å². The third-order valence-corrected chi connectivity index (χ3v) is 3.29. The van der Waals surface area contributed by atoms with Gasteiger partial charge in [-0.25, -0.2) is 0 Å². The molecule has 0 atom stereocenters. The maximum atomic E-state index is 10.5. The predicted molar refractivity (Wildman–Crippen MR) is 67.8 cm³/mol. The van der Waals surface area contributed by atoms with Gasteiger partial charge in [0, 0.05) is 12.0 Å². The van der Waals surface area contributed by atoms with Crippen molar-refractivity contribution in [1.82, 2.24) is 0 Å². The summed E-state index contributed by atoms with van der Waals surface area (Å²) in [4.78, 5) is 10.5. The number of benzene rings is 1. The van der Waals surface area contributed by atoms with E-state index in [1.165, 1.54) is 0 Å². The molecular weight excluding hydrogens is 288 g/mol. The minimum absolute atomic E-state index is 0.146. The van der Waals surface area contributed by atoms with Crippen molar-refractivity contribution in [2.24, 2.45) is 0 Å². The maximum Gasteiger partial charge on any atom is 0.303 e. The molecule has 1 aromatic rings. The zero-order chi connectivity index (χ0) is 12.8. The van der Waals surface area contributed by atoms with Gasteiger partial charge >= 0.3 is 5.97 Å². The molecule has 94 valence electrons. The van der Waals surface area contributed by atoms with Crippen LogP contribution in [0.1, 0.15) is 18.4 Å². The van der Waals surface area contributed by atoms with Crippen LogP contribution in [-0.2, 0) is 11.2 Å². The lowest BCUT2D eigenvalue weighted by molar-refractivity contribution is -0.137. The van der Waals surface area contributed by atoms with Crippen LogP contribution in [0.2, 0.25) is 0 Å². The van der Waals surface area contributed by atoms with E-state index in [4.69, 9.17) is 14.6 Å². The summed E-state index contributed by atoms with van der Waals surface area (Å²) in [5.74, 6) is 0.669. The predicted octanol–water partition coefficient (Wildman–Crippen LogP) is 2.87. The van der Waals surface area contributed by atoms with Gasteiger partial charge in [0.2, 0.25) is 0 Å². The van der Waals surface area contributed by atoms with E-state index >= 15 is 0 Å². The van der Waals surface area contributed by atoms with Gasteiger partial charge in [-0.2, -0.15) is 0 Å². The summed E-state index contributed by atoms with van der Waals surface area (Å²) in [6.45, 7) is 0. The number of carbonyl (C=O) groups is 1. The summed E-state index contributed by atoms with van der Waals surface area (Å²) in [5, 5.41) is 8.62. The highest BCUT2D eigenvalue weighted by Gasteiger charge is 2.12. The summed E-state index contributed by atoms with van der Waals surface area (Å²) in [7, 11) is 3.18. The number of halogens is 1. The van der Waals surface area contributed by atoms with Gasteiger partial charge in [-0.15, -0.1) is 0 Å². The zero-order valence-electron chi connectivity index (χ0n) is 9.83. The number of rotatable bonds is 6. The molecule has 0 saturated heterocycles. The SMILES string of the molecule is COc1ccc(OC)c(CCCC(=O)O)c1Br. The van der Waals surface area contributed by atoms with Crippen molar-refractivity contribution in [1.29, 1.82) is 0 Å². The first-order valence-corrected chi connectivity index (χ1v) is 6.00. The van der Waals surface area contributed by atoms with Crippen LogP contribution in [0.4, 0.5) is 0 Å². The molecule has 0 bridgehead atoms. The lowest BCUT2D eigenvalue weighted by Gasteiger charge is -2.13. The fourth-order valence-electron chi connectivity index (χ4n) is 1.58. The van der Waals surface area contributed by atoms with Crippen molar-refractivity contribution in [2.75, 3.05) is 14.2 Å². The number of aliphatic carboxylic acids is 1. The molecule has 5 heteroatoms. The molecule has 0 aromatic heterocycles. The fraction of sp³-hybridized carbons (Fsp3) is 0.417. The molecule has 1 aromatic carbocycles. The van der Waals surface area contributed by atoms with E-state index < -0.39 is 5.97 Å². The van der Waals surface area contributed by atoms with E-state index in [-0.39, 0.29) is 6.42 Å². The van der Waals surface area contributed by atoms with Crippen LogP contribution in [0.3, 0.4) is 0 Å². The van der Waals surface area contributed by atoms with E-state index in [1.807, 2.05) is 12.1 Å². The number of carboxylic acids is 1. The van der Waals surface area contributed by atoms with Crippen LogP contribution in [0, 0.1) is 0 Å². The van der Waals surface area contributed by atoms with Crippen molar-refractivity contribution in [3.63, 3.8) is 0 Å². The van der Waals surface area contributed by atoms with Crippen LogP contribution >= 0.6 is 15.9 Å². The first-order chi connectivity index (χ1) is 8.10. The Bertz CT molecular complexity index is 404. The Balaban J connectivity index is 2.89. The van der Waals surface area contributed by atoms with Gasteiger partial charge in [0.1, 0.15) is 11.5 Å². The number of hydrogen-bond acceptors (Lipinski definition) is 3. The first-order valence-electron chi connectivity index (χ1n) is 5.21. The van der Waals surface area contributed by atoms with Gasteiger partial charge in [-0.1, -0.05) is 0 Å². The number of hydrogen-bond donors (Lipinski definition) is 1. The molecule has 17 heavy (non-hydrogen) atoms. The molecule has 1 rings (SSSR count). The lowest BCUT2D eigenvalue weighted by Crippen LogP contribution is -1.99. The van der Waals surface area contributed by atoms with Gasteiger partial charge in [-0.05, 0) is 40.9 Å². The second kappa shape index (κ2) is 6.49. The lowest BCUT2D eigenvalue weighted by atomic mass is 10.1. The Morgan fingerprint density at radius 1 is 1.29 bits per heavy atom. The maximum absolute atomic E-state index is 10.5. The van der Waals surface area contributed by atoms with Crippen molar-refractivity contribution in [3.8, 4) is 11.5 Å². The van der Waals surface area contributed by atoms with Crippen molar-refractivity contribution >= 4 is 21.9 Å². The van der Waals surface area contributed by atoms with E-state index in [9.17, 15) is 4.79 Å². The second-order valence-electron chi connectivity index (χ2n) is 3.51. The first kappa shape index (κ1) is 13.8. The van der Waals surface area contributed by atoms with Gasteiger partial charge in [0.05, 0.1) is 18.7 Å². The van der Waals surface area contributed by atoms with Crippen LogP contribution in [0.15, 0.2) is 16.6 Å². The summed E-state index contributed by atoms with van der Waals surface area (Å²) in [6, 6.07) is 3.63. The molecule has 1 N–H and O–H groups in total. The van der Waals surface area contributed by atoms with Crippen LogP contribution in [0.25, 0.3) is 0 Å². The Kier molecular flexibility index (Phi) is 5.28. The summed E-state index contributed by atoms with van der Waals surface area (Å²) in [5.41, 5.74) is 0.938. The molecule has 0 saturated carbocycles. The molecule has 0 aliphatic carbocycles. The average Bonchev–Trinajstić information content (AvgIpc) is 2.30. The van der Waals surface area contributed by atoms with Gasteiger partial charge in [0.15, 0.2) is 0 Å². The standard InChI is InChI=1S/C12H15BrO4/c1-16-9-6-7-10(17-2)12(13)8(9)4-3-5-11(14)15/h6-7H,3-5H2,1-2H3,(H,14,15). The minimum atomic E-state index is -0.789. The highest BCUT2D eigenvalue weighted by molar-refractivity contribution is 9.10. The molecule has 0 fully saturated rings. The number of ether oxygens (including phenoxy) is 2. The summed E-state index contributed by atoms with van der Waals surface area (Å²) in [6.07, 6.45) is 1.34. The molecule has 0 aliphatic rings. The highest BCUT2D eigenvalue weighted by Crippen LogP contribution is 2.35. The summed E-state index contributed by atoms with van der Waals surface area (Å²) < 4.78 is 11.3. The molecule has 0 aliphatic heterocycles. The smallest absolute Gasteiger partial charge is 0.303 e. The molecule has 0 radical (unpaired) electrons. The number of methoxy groups -OCH3 is 2. The van der Waals surface area contributed by atoms with E-state index in [0.29, 0.717) is 12.8 Å². The molecular formula is C12H15BrO4. The molecule has 0 amide bonds. The van der Waals surface area contributed by atoms with E-state index in [1.54, 1.807) is 14.2 Å². The Hall–Kier alpha value is -1.23. The largest absolute Gasteiger partial charge is 0.496 e. The Morgan fingerprint density at radius 2 is 1.88 bits per heavy atom. The van der Waals surface area contributed by atoms with E-state index in [2.05, 4.69) is 15.9 Å². The third-order valence-electron chi connectivity index (χ3n) is 2.42. The Labute approximate surface area is 109 Å². The molecule has 0 heterocycles. The van der Waals surface area contributed by atoms with Crippen LogP contribution in [-0.4, -0.2) is 25.3 Å². The monoisotopic (exact) mass is 302 g/mol. The normalized spacial score (nSPS) is 10.1. The third kappa shape index (κ3) is 3.63. The van der Waals surface area contributed by atoms with Crippen molar-refractivity contribution in [2.45, 2.75) is 19.3 Å². The van der Waals surface area contributed by atoms with Gasteiger partial charge < -0.3 is 14.6 Å². The number of carboxylic acid groups (broad SMARTS) is 1. The fourth-order valence-corrected chi connectivity index (χ4v) is 2.27. The van der Waals surface area contributed by atoms with Crippen LogP contribution in [0.5, 0.6) is 11.5 Å². The quantitative estimate of drug-likeness (QED) is 0.878. The molecule has 4 nitrogen and oxygen atoms in total. The molecule has 0 unspecified atom stereocenters. The topological polar surface area (TPSA) is 55.8 Å². The molecule has 0 spiro atoms. The second-order valence-corrected chi connectivity index (χ2v) is 4.30. The summed E-state index contributed by atoms with van der Waals surface area (Å²) >= 11 is 3.45. The zero-order valence-corrected chi connectivity index (χ0v) is 11.4. The van der Waals surface area contributed by atoms with E-state index in [0.717, 1.165) is 21.5 Å². The minimum Gasteiger partial charge on any atom is -0.496 e.